The van der Waals surface area contributed by atoms with Crippen molar-refractivity contribution in [1.29, 1.82) is 0 Å². The smallest absolute Gasteiger partial charge is 0.416 e. The summed E-state index contributed by atoms with van der Waals surface area (Å²) in [6.45, 7) is 0.221. The van der Waals surface area contributed by atoms with Gasteiger partial charge in [0.05, 0.1) is 24.0 Å². The Morgan fingerprint density at radius 3 is 2.64 bits per heavy atom. The molecule has 2 heterocycles. The lowest BCUT2D eigenvalue weighted by Crippen LogP contribution is -2.34. The Balaban J connectivity index is 1.45. The van der Waals surface area contributed by atoms with Gasteiger partial charge in [0.25, 0.3) is 5.56 Å². The second kappa shape index (κ2) is 9.15. The fraction of sp³-hybridized carbons (Fsp3) is 0.182. The predicted molar refractivity (Wildman–Crippen MR) is 113 cm³/mol. The normalized spacial score (nSPS) is 11.5. The molecule has 1 N–H and O–H groups in total. The van der Waals surface area contributed by atoms with E-state index in [9.17, 15) is 22.8 Å². The summed E-state index contributed by atoms with van der Waals surface area (Å²) in [5.41, 5.74) is -1.17. The van der Waals surface area contributed by atoms with E-state index in [0.29, 0.717) is 5.75 Å². The molecule has 2 aromatic heterocycles. The van der Waals surface area contributed by atoms with Crippen molar-refractivity contribution < 1.29 is 22.7 Å². The molecule has 0 saturated heterocycles. The van der Waals surface area contributed by atoms with E-state index in [1.807, 2.05) is 18.2 Å². The van der Waals surface area contributed by atoms with E-state index in [1.54, 1.807) is 12.1 Å². The number of carbonyl (C=O) groups is 1. The van der Waals surface area contributed by atoms with Gasteiger partial charge in [-0.15, -0.1) is 0 Å². The van der Waals surface area contributed by atoms with Gasteiger partial charge in [0.2, 0.25) is 5.91 Å². The number of aromatic nitrogens is 4. The zero-order valence-electron chi connectivity index (χ0n) is 17.1. The average molecular weight is 457 g/mol. The van der Waals surface area contributed by atoms with Gasteiger partial charge >= 0.3 is 6.18 Å². The molecular formula is C22H18F3N5O3. The van der Waals surface area contributed by atoms with Crippen LogP contribution in [0.3, 0.4) is 0 Å². The second-order valence-electron chi connectivity index (χ2n) is 7.03. The van der Waals surface area contributed by atoms with Gasteiger partial charge in [-0.2, -0.15) is 18.3 Å². The maximum atomic E-state index is 13.0. The molecule has 11 heteroatoms. The second-order valence-corrected chi connectivity index (χ2v) is 7.03. The molecule has 0 aliphatic rings. The van der Waals surface area contributed by atoms with Gasteiger partial charge < -0.3 is 10.1 Å². The molecule has 0 spiro atoms. The largest absolute Gasteiger partial charge is 0.492 e. The quantitative estimate of drug-likeness (QED) is 0.431. The number of hydrogen-bond donors (Lipinski definition) is 1. The highest BCUT2D eigenvalue weighted by Crippen LogP contribution is 2.30. The summed E-state index contributed by atoms with van der Waals surface area (Å²) < 4.78 is 46.8. The molecule has 4 aromatic rings. The zero-order chi connectivity index (χ0) is 23.4. The third-order valence-electron chi connectivity index (χ3n) is 4.72. The van der Waals surface area contributed by atoms with E-state index in [1.165, 1.54) is 18.3 Å². The van der Waals surface area contributed by atoms with Crippen molar-refractivity contribution in [3.8, 4) is 11.4 Å². The molecule has 170 valence electrons. The number of benzene rings is 2. The summed E-state index contributed by atoms with van der Waals surface area (Å²) in [5.74, 6) is 0.260. The van der Waals surface area contributed by atoms with Crippen LogP contribution in [-0.2, 0) is 17.5 Å². The summed E-state index contributed by atoms with van der Waals surface area (Å²) >= 11 is 0. The summed E-state index contributed by atoms with van der Waals surface area (Å²) in [5, 5.41) is 6.74. The van der Waals surface area contributed by atoms with Gasteiger partial charge in [-0.3, -0.25) is 14.2 Å². The predicted octanol–water partition coefficient (Wildman–Crippen LogP) is 2.80. The molecule has 0 atom stereocenters. The first-order valence-corrected chi connectivity index (χ1v) is 9.88. The van der Waals surface area contributed by atoms with Crippen LogP contribution in [0.2, 0.25) is 0 Å². The summed E-state index contributed by atoms with van der Waals surface area (Å²) in [7, 11) is 0. The SMILES string of the molecule is O=C(Cn1cnc2c(cnn2-c2cccc(C(F)(F)F)c2)c1=O)NCCOc1ccccc1. The van der Waals surface area contributed by atoms with E-state index in [0.717, 1.165) is 27.7 Å². The van der Waals surface area contributed by atoms with Crippen LogP contribution in [0.1, 0.15) is 5.56 Å². The van der Waals surface area contributed by atoms with Crippen LogP contribution >= 0.6 is 0 Å². The topological polar surface area (TPSA) is 91.0 Å². The first-order valence-electron chi connectivity index (χ1n) is 9.88. The molecule has 0 aliphatic carbocycles. The molecule has 0 fully saturated rings. The average Bonchev–Trinajstić information content (AvgIpc) is 3.24. The number of hydrogen-bond acceptors (Lipinski definition) is 5. The van der Waals surface area contributed by atoms with Crippen LogP contribution in [0.15, 0.2) is 71.9 Å². The van der Waals surface area contributed by atoms with Crippen molar-refractivity contribution in [3.05, 3.63) is 83.0 Å². The molecule has 0 radical (unpaired) electrons. The van der Waals surface area contributed by atoms with Crippen LogP contribution < -0.4 is 15.6 Å². The molecule has 1 amide bonds. The fourth-order valence-corrected chi connectivity index (χ4v) is 3.15. The molecule has 4 rings (SSSR count). The minimum absolute atomic E-state index is 0.0788. The van der Waals surface area contributed by atoms with E-state index in [-0.39, 0.29) is 36.4 Å². The maximum Gasteiger partial charge on any atom is 0.416 e. The van der Waals surface area contributed by atoms with Crippen LogP contribution in [-0.4, -0.2) is 38.4 Å². The van der Waals surface area contributed by atoms with Crippen molar-refractivity contribution in [2.45, 2.75) is 12.7 Å². The van der Waals surface area contributed by atoms with Crippen molar-refractivity contribution in [1.82, 2.24) is 24.6 Å². The third-order valence-corrected chi connectivity index (χ3v) is 4.72. The summed E-state index contributed by atoms with van der Waals surface area (Å²) in [6, 6.07) is 13.7. The monoisotopic (exact) mass is 457 g/mol. The van der Waals surface area contributed by atoms with E-state index >= 15 is 0 Å². The van der Waals surface area contributed by atoms with Gasteiger partial charge in [-0.25, -0.2) is 9.67 Å². The number of carbonyl (C=O) groups excluding carboxylic acids is 1. The van der Waals surface area contributed by atoms with Crippen LogP contribution in [0, 0.1) is 0 Å². The summed E-state index contributed by atoms with van der Waals surface area (Å²) in [6.07, 6.45) is -2.14. The highest BCUT2D eigenvalue weighted by molar-refractivity contribution is 5.77. The Kier molecular flexibility index (Phi) is 6.11. The van der Waals surface area contributed by atoms with Gasteiger partial charge in [-0.1, -0.05) is 24.3 Å². The third kappa shape index (κ3) is 5.03. The standard InChI is InChI=1S/C22H18F3N5O3/c23-22(24,25)15-5-4-6-16(11-15)30-20-18(12-28-30)21(32)29(14-27-20)13-19(31)26-9-10-33-17-7-2-1-3-8-17/h1-8,11-12,14H,9-10,13H2,(H,26,31). The Morgan fingerprint density at radius 1 is 1.09 bits per heavy atom. The number of para-hydroxylation sites is 1. The fourth-order valence-electron chi connectivity index (χ4n) is 3.15. The number of nitrogens with zero attached hydrogens (tertiary/aromatic N) is 4. The number of ether oxygens (including phenoxy) is 1. The van der Waals surface area contributed by atoms with Crippen molar-refractivity contribution in [2.24, 2.45) is 0 Å². The highest BCUT2D eigenvalue weighted by Gasteiger charge is 2.30. The Bertz CT molecular complexity index is 1330. The van der Waals surface area contributed by atoms with Gasteiger partial charge in [0.1, 0.15) is 30.6 Å². The number of rotatable bonds is 7. The Hall–Kier alpha value is -4.15. The van der Waals surface area contributed by atoms with Crippen molar-refractivity contribution in [3.63, 3.8) is 0 Å². The first-order chi connectivity index (χ1) is 15.8. The molecule has 2 aromatic carbocycles. The number of halogens is 3. The molecule has 33 heavy (non-hydrogen) atoms. The molecule has 0 bridgehead atoms. The maximum absolute atomic E-state index is 13.0. The number of fused-ring (bicyclic) bond motifs is 1. The Labute approximate surface area is 185 Å². The van der Waals surface area contributed by atoms with E-state index in [2.05, 4.69) is 15.4 Å². The van der Waals surface area contributed by atoms with Crippen LogP contribution in [0.25, 0.3) is 16.7 Å². The first kappa shape index (κ1) is 22.1. The highest BCUT2D eigenvalue weighted by atomic mass is 19.4. The number of alkyl halides is 3. The Morgan fingerprint density at radius 2 is 1.88 bits per heavy atom. The molecular weight excluding hydrogens is 439 g/mol. The molecule has 0 unspecified atom stereocenters. The number of amides is 1. The lowest BCUT2D eigenvalue weighted by Gasteiger charge is -2.10. The summed E-state index contributed by atoms with van der Waals surface area (Å²) in [4.78, 5) is 29.1. The van der Waals surface area contributed by atoms with Crippen molar-refractivity contribution >= 4 is 16.9 Å². The van der Waals surface area contributed by atoms with E-state index < -0.39 is 23.2 Å². The molecule has 0 saturated carbocycles. The van der Waals surface area contributed by atoms with Gasteiger partial charge in [-0.05, 0) is 30.3 Å². The van der Waals surface area contributed by atoms with Crippen molar-refractivity contribution in [2.75, 3.05) is 13.2 Å². The number of nitrogens with one attached hydrogen (secondary N) is 1. The van der Waals surface area contributed by atoms with E-state index in [4.69, 9.17) is 4.74 Å². The lowest BCUT2D eigenvalue weighted by molar-refractivity contribution is -0.137. The minimum Gasteiger partial charge on any atom is -0.492 e. The molecule has 0 aliphatic heterocycles. The van der Waals surface area contributed by atoms with Gasteiger partial charge in [0.15, 0.2) is 5.65 Å². The zero-order valence-corrected chi connectivity index (χ0v) is 17.1. The van der Waals surface area contributed by atoms with Crippen LogP contribution in [0.5, 0.6) is 5.75 Å². The van der Waals surface area contributed by atoms with Crippen LogP contribution in [0.4, 0.5) is 13.2 Å². The lowest BCUT2D eigenvalue weighted by atomic mass is 10.2. The van der Waals surface area contributed by atoms with Gasteiger partial charge in [0, 0.05) is 0 Å². The minimum atomic E-state index is -4.52. The molecule has 8 nitrogen and oxygen atoms in total.